The van der Waals surface area contributed by atoms with Gasteiger partial charge in [0, 0.05) is 39.3 Å². The van der Waals surface area contributed by atoms with Gasteiger partial charge in [-0.05, 0) is 25.0 Å². The third kappa shape index (κ3) is 3.99. The van der Waals surface area contributed by atoms with Crippen LogP contribution in [0.2, 0.25) is 10.2 Å². The van der Waals surface area contributed by atoms with Crippen molar-refractivity contribution in [3.05, 3.63) is 28.0 Å². The minimum Gasteiger partial charge on any atom is -0.342 e. The summed E-state index contributed by atoms with van der Waals surface area (Å²) in [4.78, 5) is 34.5. The first-order valence-electron chi connectivity index (χ1n) is 8.16. The third-order valence-corrected chi connectivity index (χ3v) is 5.01. The van der Waals surface area contributed by atoms with Gasteiger partial charge in [0.1, 0.15) is 10.8 Å². The van der Waals surface area contributed by atoms with E-state index in [1.807, 2.05) is 4.90 Å². The Kier molecular flexibility index (Phi) is 5.58. The number of hydrogen-bond donors (Lipinski definition) is 0. The molecule has 1 aromatic heterocycles. The van der Waals surface area contributed by atoms with Gasteiger partial charge in [0.2, 0.25) is 5.91 Å². The topological polar surface area (TPSA) is 56.8 Å². The molecule has 2 saturated heterocycles. The molecule has 0 atom stereocenters. The van der Waals surface area contributed by atoms with E-state index < -0.39 is 0 Å². The zero-order valence-corrected chi connectivity index (χ0v) is 14.9. The van der Waals surface area contributed by atoms with Crippen LogP contribution in [0, 0.1) is 0 Å². The molecule has 24 heavy (non-hydrogen) atoms. The summed E-state index contributed by atoms with van der Waals surface area (Å²) in [5.41, 5.74) is 0.186. The summed E-state index contributed by atoms with van der Waals surface area (Å²) in [6.07, 6.45) is 2.20. The number of carbonyl (C=O) groups is 2. The molecular weight excluding hydrogens is 351 g/mol. The molecule has 0 aromatic carbocycles. The minimum absolute atomic E-state index is 0.186. The summed E-state index contributed by atoms with van der Waals surface area (Å²) >= 11 is 11.9. The number of aromatic nitrogens is 1. The second-order valence-corrected chi connectivity index (χ2v) is 6.92. The normalized spacial score (nSPS) is 18.9. The smallest absolute Gasteiger partial charge is 0.274 e. The van der Waals surface area contributed by atoms with Crippen molar-refractivity contribution in [3.63, 3.8) is 0 Å². The lowest BCUT2D eigenvalue weighted by Gasteiger charge is -2.34. The molecule has 8 heteroatoms. The molecule has 2 aliphatic heterocycles. The van der Waals surface area contributed by atoms with Crippen LogP contribution in [0.1, 0.15) is 23.3 Å². The Morgan fingerprint density at radius 2 is 1.62 bits per heavy atom. The van der Waals surface area contributed by atoms with Crippen molar-refractivity contribution >= 4 is 35.0 Å². The minimum atomic E-state index is -0.215. The van der Waals surface area contributed by atoms with Gasteiger partial charge in [0.15, 0.2) is 0 Å². The molecular formula is C16H20Cl2N4O2. The number of likely N-dealkylation sites (tertiary alicyclic amines) is 1. The highest BCUT2D eigenvalue weighted by Gasteiger charge is 2.27. The van der Waals surface area contributed by atoms with Gasteiger partial charge < -0.3 is 9.80 Å². The molecule has 2 aliphatic rings. The number of pyridine rings is 1. The first-order chi connectivity index (χ1) is 11.5. The zero-order valence-electron chi connectivity index (χ0n) is 13.4. The lowest BCUT2D eigenvalue weighted by molar-refractivity contribution is -0.131. The zero-order chi connectivity index (χ0) is 17.1. The van der Waals surface area contributed by atoms with Crippen LogP contribution in [-0.4, -0.2) is 77.3 Å². The molecule has 0 N–H and O–H groups in total. The molecule has 0 bridgehead atoms. The lowest BCUT2D eigenvalue weighted by Crippen LogP contribution is -2.51. The van der Waals surface area contributed by atoms with E-state index in [9.17, 15) is 9.59 Å². The van der Waals surface area contributed by atoms with Gasteiger partial charge in [0.05, 0.1) is 11.6 Å². The lowest BCUT2D eigenvalue weighted by atomic mass is 10.2. The molecule has 0 aliphatic carbocycles. The second kappa shape index (κ2) is 7.68. The van der Waals surface area contributed by atoms with Crippen LogP contribution in [0.5, 0.6) is 0 Å². The van der Waals surface area contributed by atoms with E-state index in [1.54, 1.807) is 17.0 Å². The van der Waals surface area contributed by atoms with E-state index in [4.69, 9.17) is 23.2 Å². The highest BCUT2D eigenvalue weighted by molar-refractivity contribution is 6.34. The predicted octanol–water partition coefficient (Wildman–Crippen LogP) is 1.77. The van der Waals surface area contributed by atoms with E-state index in [-0.39, 0.29) is 22.7 Å². The number of piperazine rings is 1. The van der Waals surface area contributed by atoms with E-state index in [2.05, 4.69) is 9.88 Å². The fourth-order valence-electron chi connectivity index (χ4n) is 3.08. The van der Waals surface area contributed by atoms with Crippen molar-refractivity contribution in [2.45, 2.75) is 12.8 Å². The predicted molar refractivity (Wildman–Crippen MR) is 92.4 cm³/mol. The molecule has 130 valence electrons. The Morgan fingerprint density at radius 3 is 2.29 bits per heavy atom. The molecule has 3 heterocycles. The molecule has 3 rings (SSSR count). The molecule has 6 nitrogen and oxygen atoms in total. The Hall–Kier alpha value is -1.37. The molecule has 0 spiro atoms. The summed E-state index contributed by atoms with van der Waals surface area (Å²) in [6.45, 7) is 4.62. The summed E-state index contributed by atoms with van der Waals surface area (Å²) in [7, 11) is 0. The maximum atomic E-state index is 12.5. The SMILES string of the molecule is O=C(CN1CCN(C(=O)c2nc(Cl)ccc2Cl)CC1)N1CCCC1. The maximum absolute atomic E-state index is 12.5. The molecule has 0 saturated carbocycles. The first kappa shape index (κ1) is 17.5. The summed E-state index contributed by atoms with van der Waals surface area (Å²) in [5.74, 6) is -0.0279. The van der Waals surface area contributed by atoms with E-state index in [0.717, 1.165) is 25.9 Å². The van der Waals surface area contributed by atoms with Crippen LogP contribution in [0.25, 0.3) is 0 Å². The number of carbonyl (C=O) groups excluding carboxylic acids is 2. The quantitative estimate of drug-likeness (QED) is 0.760. The largest absolute Gasteiger partial charge is 0.342 e. The van der Waals surface area contributed by atoms with Gasteiger partial charge in [-0.25, -0.2) is 4.98 Å². The number of nitrogens with zero attached hydrogens (tertiary/aromatic N) is 4. The number of hydrogen-bond acceptors (Lipinski definition) is 4. The fourth-order valence-corrected chi connectivity index (χ4v) is 3.42. The Labute approximate surface area is 151 Å². The average molecular weight is 371 g/mol. The molecule has 0 radical (unpaired) electrons. The molecule has 2 fully saturated rings. The molecule has 0 unspecified atom stereocenters. The Bertz CT molecular complexity index is 627. The second-order valence-electron chi connectivity index (χ2n) is 6.12. The van der Waals surface area contributed by atoms with Gasteiger partial charge in [-0.3, -0.25) is 14.5 Å². The van der Waals surface area contributed by atoms with Crippen molar-refractivity contribution < 1.29 is 9.59 Å². The maximum Gasteiger partial charge on any atom is 0.274 e. The third-order valence-electron chi connectivity index (χ3n) is 4.49. The number of amides is 2. The molecule has 2 amide bonds. The number of halogens is 2. The first-order valence-corrected chi connectivity index (χ1v) is 8.91. The summed E-state index contributed by atoms with van der Waals surface area (Å²) < 4.78 is 0. The number of rotatable bonds is 3. The highest BCUT2D eigenvalue weighted by Crippen LogP contribution is 2.19. The van der Waals surface area contributed by atoms with E-state index >= 15 is 0 Å². The fraction of sp³-hybridized carbons (Fsp3) is 0.562. The van der Waals surface area contributed by atoms with Crippen molar-refractivity contribution in [1.82, 2.24) is 19.7 Å². The van der Waals surface area contributed by atoms with Crippen LogP contribution in [0.3, 0.4) is 0 Å². The standard InChI is InChI=1S/C16H20Cl2N4O2/c17-12-3-4-13(18)19-15(12)16(24)22-9-7-20(8-10-22)11-14(23)21-5-1-2-6-21/h3-4H,1-2,5-11H2. The van der Waals surface area contributed by atoms with Crippen molar-refractivity contribution in [1.29, 1.82) is 0 Å². The Balaban J connectivity index is 1.53. The van der Waals surface area contributed by atoms with Crippen molar-refractivity contribution in [3.8, 4) is 0 Å². The van der Waals surface area contributed by atoms with E-state index in [1.165, 1.54) is 0 Å². The van der Waals surface area contributed by atoms with Crippen molar-refractivity contribution in [2.75, 3.05) is 45.8 Å². The summed E-state index contributed by atoms with van der Waals surface area (Å²) in [5, 5.41) is 0.550. The van der Waals surface area contributed by atoms with Crippen LogP contribution in [0.15, 0.2) is 12.1 Å². The monoisotopic (exact) mass is 370 g/mol. The van der Waals surface area contributed by atoms with Gasteiger partial charge in [-0.15, -0.1) is 0 Å². The van der Waals surface area contributed by atoms with Gasteiger partial charge in [-0.1, -0.05) is 23.2 Å². The van der Waals surface area contributed by atoms with E-state index in [0.29, 0.717) is 37.7 Å². The van der Waals surface area contributed by atoms with Crippen LogP contribution in [-0.2, 0) is 4.79 Å². The van der Waals surface area contributed by atoms with Gasteiger partial charge in [-0.2, -0.15) is 0 Å². The Morgan fingerprint density at radius 1 is 0.958 bits per heavy atom. The van der Waals surface area contributed by atoms with Crippen molar-refractivity contribution in [2.24, 2.45) is 0 Å². The molecule has 1 aromatic rings. The van der Waals surface area contributed by atoms with Gasteiger partial charge in [0.25, 0.3) is 5.91 Å². The summed E-state index contributed by atoms with van der Waals surface area (Å²) in [6, 6.07) is 3.14. The van der Waals surface area contributed by atoms with Crippen LogP contribution in [0.4, 0.5) is 0 Å². The van der Waals surface area contributed by atoms with Crippen LogP contribution >= 0.6 is 23.2 Å². The highest BCUT2D eigenvalue weighted by atomic mass is 35.5. The average Bonchev–Trinajstić information content (AvgIpc) is 3.12. The van der Waals surface area contributed by atoms with Crippen LogP contribution < -0.4 is 0 Å². The van der Waals surface area contributed by atoms with Gasteiger partial charge >= 0.3 is 0 Å².